The first-order valence-corrected chi connectivity index (χ1v) is 6.39. The van der Waals surface area contributed by atoms with Crippen LogP contribution in [0.3, 0.4) is 0 Å². The van der Waals surface area contributed by atoms with Crippen LogP contribution in [0.4, 0.5) is 4.79 Å². The molecule has 1 N–H and O–H groups in total. The Morgan fingerprint density at radius 2 is 2.05 bits per heavy atom. The van der Waals surface area contributed by atoms with Gasteiger partial charge in [-0.25, -0.2) is 4.79 Å². The van der Waals surface area contributed by atoms with E-state index >= 15 is 0 Å². The Hall–Kier alpha value is -2.04. The van der Waals surface area contributed by atoms with Crippen molar-refractivity contribution in [3.8, 4) is 0 Å². The van der Waals surface area contributed by atoms with E-state index in [9.17, 15) is 9.59 Å². The Bertz CT molecular complexity index is 495. The number of rotatable bonds is 2. The average molecular weight is 260 g/mol. The van der Waals surface area contributed by atoms with Crippen LogP contribution in [0, 0.1) is 5.41 Å². The molecule has 3 rings (SSSR count). The first-order valence-electron chi connectivity index (χ1n) is 6.39. The molecule has 0 aromatic heterocycles. The van der Waals surface area contributed by atoms with Gasteiger partial charge in [0.05, 0.1) is 0 Å². The molecule has 1 spiro atoms. The maximum absolute atomic E-state index is 11.8. The number of nitrogens with one attached hydrogen (secondary N) is 1. The molecule has 0 radical (unpaired) electrons. The van der Waals surface area contributed by atoms with Crippen molar-refractivity contribution in [3.05, 3.63) is 35.9 Å². The molecule has 0 unspecified atom stereocenters. The Morgan fingerprint density at radius 1 is 1.32 bits per heavy atom. The molecular weight excluding hydrogens is 244 g/mol. The maximum Gasteiger partial charge on any atom is 0.410 e. The summed E-state index contributed by atoms with van der Waals surface area (Å²) < 4.78 is 5.24. The third-order valence-electron chi connectivity index (χ3n) is 3.71. The van der Waals surface area contributed by atoms with Gasteiger partial charge in [0.1, 0.15) is 6.61 Å². The second kappa shape index (κ2) is 4.57. The fourth-order valence-corrected chi connectivity index (χ4v) is 2.68. The van der Waals surface area contributed by atoms with Crippen LogP contribution in [0.2, 0.25) is 0 Å². The molecule has 5 nitrogen and oxygen atoms in total. The van der Waals surface area contributed by atoms with Crippen molar-refractivity contribution in [1.82, 2.24) is 10.2 Å². The molecule has 100 valence electrons. The number of carbonyl (C=O) groups is 2. The zero-order valence-electron chi connectivity index (χ0n) is 10.6. The normalized spacial score (nSPS) is 20.0. The molecule has 0 bridgehead atoms. The molecule has 0 saturated carbocycles. The summed E-state index contributed by atoms with van der Waals surface area (Å²) in [5, 5.41) is 2.81. The van der Waals surface area contributed by atoms with Crippen molar-refractivity contribution in [1.29, 1.82) is 0 Å². The van der Waals surface area contributed by atoms with Gasteiger partial charge in [-0.1, -0.05) is 30.3 Å². The summed E-state index contributed by atoms with van der Waals surface area (Å²) in [7, 11) is 0. The zero-order chi connectivity index (χ0) is 13.3. The first-order chi connectivity index (χ1) is 9.17. The van der Waals surface area contributed by atoms with E-state index in [0.29, 0.717) is 32.7 Å². The highest BCUT2D eigenvalue weighted by Crippen LogP contribution is 2.36. The summed E-state index contributed by atoms with van der Waals surface area (Å²) in [5.74, 6) is 0.0808. The lowest BCUT2D eigenvalue weighted by Gasteiger charge is -2.45. The number of carbonyl (C=O) groups excluding carboxylic acids is 2. The molecule has 0 aliphatic carbocycles. The quantitative estimate of drug-likeness (QED) is 0.867. The minimum absolute atomic E-state index is 0.0388. The number of hydrogen-bond donors (Lipinski definition) is 1. The average Bonchev–Trinajstić information content (AvgIpc) is 2.78. The van der Waals surface area contributed by atoms with Crippen LogP contribution in [0.15, 0.2) is 30.3 Å². The highest BCUT2D eigenvalue weighted by Gasteiger charge is 2.50. The van der Waals surface area contributed by atoms with E-state index in [1.54, 1.807) is 4.90 Å². The lowest BCUT2D eigenvalue weighted by molar-refractivity contribution is -0.120. The predicted octanol–water partition coefficient (Wildman–Crippen LogP) is 1.15. The molecule has 2 aliphatic heterocycles. The van der Waals surface area contributed by atoms with E-state index < -0.39 is 0 Å². The van der Waals surface area contributed by atoms with E-state index in [-0.39, 0.29) is 17.4 Å². The van der Waals surface area contributed by atoms with Crippen molar-refractivity contribution in [2.24, 2.45) is 5.41 Å². The van der Waals surface area contributed by atoms with Gasteiger partial charge in [-0.05, 0) is 5.56 Å². The third-order valence-corrected chi connectivity index (χ3v) is 3.71. The van der Waals surface area contributed by atoms with Gasteiger partial charge in [-0.3, -0.25) is 4.79 Å². The van der Waals surface area contributed by atoms with Gasteiger partial charge in [-0.15, -0.1) is 0 Å². The van der Waals surface area contributed by atoms with Crippen molar-refractivity contribution < 1.29 is 14.3 Å². The minimum atomic E-state index is -0.297. The van der Waals surface area contributed by atoms with Crippen molar-refractivity contribution in [2.75, 3.05) is 19.6 Å². The van der Waals surface area contributed by atoms with E-state index in [0.717, 1.165) is 5.56 Å². The van der Waals surface area contributed by atoms with Crippen LogP contribution >= 0.6 is 0 Å². The number of benzene rings is 1. The standard InChI is InChI=1S/C14H16N2O3/c17-12-6-14(8-15-12)9-16(10-14)13(18)19-7-11-4-2-1-3-5-11/h1-5H,6-10H2,(H,15,17). The molecular formula is C14H16N2O3. The second-order valence-electron chi connectivity index (χ2n) is 5.35. The number of amides is 2. The van der Waals surface area contributed by atoms with Gasteiger partial charge in [0.15, 0.2) is 0 Å². The topological polar surface area (TPSA) is 58.6 Å². The number of likely N-dealkylation sites (tertiary alicyclic amines) is 1. The molecule has 2 saturated heterocycles. The van der Waals surface area contributed by atoms with Crippen molar-refractivity contribution in [3.63, 3.8) is 0 Å². The number of ether oxygens (including phenoxy) is 1. The van der Waals surface area contributed by atoms with E-state index in [2.05, 4.69) is 5.32 Å². The summed E-state index contributed by atoms with van der Waals surface area (Å²) in [6.45, 7) is 2.19. The SMILES string of the molecule is O=C1CC2(CN1)CN(C(=O)OCc1ccccc1)C2. The molecule has 2 heterocycles. The lowest BCUT2D eigenvalue weighted by Crippen LogP contribution is -2.59. The number of nitrogens with zero attached hydrogens (tertiary/aromatic N) is 1. The van der Waals surface area contributed by atoms with E-state index in [1.807, 2.05) is 30.3 Å². The van der Waals surface area contributed by atoms with Crippen LogP contribution in [0.25, 0.3) is 0 Å². The fraction of sp³-hybridized carbons (Fsp3) is 0.429. The van der Waals surface area contributed by atoms with Gasteiger partial charge in [0.25, 0.3) is 0 Å². The monoisotopic (exact) mass is 260 g/mol. The summed E-state index contributed by atoms with van der Waals surface area (Å²) in [5.41, 5.74) is 0.937. The second-order valence-corrected chi connectivity index (χ2v) is 5.35. The van der Waals surface area contributed by atoms with Gasteiger partial charge in [0, 0.05) is 31.5 Å². The Balaban J connectivity index is 1.47. The van der Waals surface area contributed by atoms with Gasteiger partial charge < -0.3 is 15.0 Å². The molecule has 2 aliphatic rings. The molecule has 5 heteroatoms. The molecule has 1 aromatic carbocycles. The van der Waals surface area contributed by atoms with Crippen molar-refractivity contribution >= 4 is 12.0 Å². The smallest absolute Gasteiger partial charge is 0.410 e. The Kier molecular flexibility index (Phi) is 2.89. The summed E-state index contributed by atoms with van der Waals surface area (Å²) in [6, 6.07) is 9.60. The van der Waals surface area contributed by atoms with Crippen LogP contribution in [0.5, 0.6) is 0 Å². The van der Waals surface area contributed by atoms with Crippen LogP contribution < -0.4 is 5.32 Å². The van der Waals surface area contributed by atoms with Crippen LogP contribution in [-0.2, 0) is 16.1 Å². The number of hydrogen-bond acceptors (Lipinski definition) is 3. The van der Waals surface area contributed by atoms with Crippen molar-refractivity contribution in [2.45, 2.75) is 13.0 Å². The van der Waals surface area contributed by atoms with E-state index in [1.165, 1.54) is 0 Å². The Morgan fingerprint density at radius 3 is 2.68 bits per heavy atom. The first kappa shape index (κ1) is 12.0. The summed E-state index contributed by atoms with van der Waals surface area (Å²) in [6.07, 6.45) is 0.226. The molecule has 0 atom stereocenters. The molecule has 2 amide bonds. The highest BCUT2D eigenvalue weighted by molar-refractivity contribution is 5.80. The molecule has 1 aromatic rings. The fourth-order valence-electron chi connectivity index (χ4n) is 2.68. The van der Waals surface area contributed by atoms with Gasteiger partial charge >= 0.3 is 6.09 Å². The van der Waals surface area contributed by atoms with Crippen LogP contribution in [-0.4, -0.2) is 36.5 Å². The largest absolute Gasteiger partial charge is 0.445 e. The van der Waals surface area contributed by atoms with Gasteiger partial charge in [0.2, 0.25) is 5.91 Å². The van der Waals surface area contributed by atoms with Gasteiger partial charge in [-0.2, -0.15) is 0 Å². The molecule has 19 heavy (non-hydrogen) atoms. The highest BCUT2D eigenvalue weighted by atomic mass is 16.6. The predicted molar refractivity (Wildman–Crippen MR) is 68.3 cm³/mol. The summed E-state index contributed by atoms with van der Waals surface area (Å²) >= 11 is 0. The third kappa shape index (κ3) is 2.41. The molecule has 2 fully saturated rings. The Labute approximate surface area is 111 Å². The van der Waals surface area contributed by atoms with Crippen LogP contribution in [0.1, 0.15) is 12.0 Å². The summed E-state index contributed by atoms with van der Waals surface area (Å²) in [4.78, 5) is 24.7. The van der Waals surface area contributed by atoms with E-state index in [4.69, 9.17) is 4.74 Å². The minimum Gasteiger partial charge on any atom is -0.445 e. The lowest BCUT2D eigenvalue weighted by atomic mass is 9.79. The zero-order valence-corrected chi connectivity index (χ0v) is 10.6. The maximum atomic E-state index is 11.8.